The third-order valence-electron chi connectivity index (χ3n) is 7.23. The van der Waals surface area contributed by atoms with Crippen LogP contribution in [0.5, 0.6) is 0 Å². The fourth-order valence-electron chi connectivity index (χ4n) is 5.27. The zero-order valence-corrected chi connectivity index (χ0v) is 21.3. The summed E-state index contributed by atoms with van der Waals surface area (Å²) in [6.45, 7) is 1.50. The highest BCUT2D eigenvalue weighted by atomic mass is 32.2. The minimum absolute atomic E-state index is 0.00645. The molecule has 1 saturated heterocycles. The molecule has 2 aliphatic heterocycles. The summed E-state index contributed by atoms with van der Waals surface area (Å²) in [5, 5.41) is 0. The second-order valence-electron chi connectivity index (χ2n) is 9.59. The Kier molecular flexibility index (Phi) is 6.73. The van der Waals surface area contributed by atoms with Gasteiger partial charge in [-0.05, 0) is 80.1 Å². The van der Waals surface area contributed by atoms with Crippen LogP contribution >= 0.6 is 0 Å². The molecule has 188 valence electrons. The number of nitrogens with one attached hydrogen (secondary N) is 1. The van der Waals surface area contributed by atoms with Gasteiger partial charge in [0.05, 0.1) is 9.79 Å². The van der Waals surface area contributed by atoms with Crippen molar-refractivity contribution in [3.63, 3.8) is 0 Å². The van der Waals surface area contributed by atoms with E-state index in [0.717, 1.165) is 50.5 Å². The Balaban J connectivity index is 1.32. The molecule has 2 aromatic carbocycles. The van der Waals surface area contributed by atoms with Crippen LogP contribution < -0.4 is 9.62 Å². The van der Waals surface area contributed by atoms with Crippen molar-refractivity contribution in [1.82, 2.24) is 9.03 Å². The van der Waals surface area contributed by atoms with Gasteiger partial charge in [0, 0.05) is 36.9 Å². The van der Waals surface area contributed by atoms with Gasteiger partial charge in [-0.2, -0.15) is 4.31 Å². The topological polar surface area (TPSA) is 104 Å². The summed E-state index contributed by atoms with van der Waals surface area (Å²) in [6.07, 6.45) is 7.15. The molecular formula is C25H31N3O5S2. The molecule has 2 fully saturated rings. The predicted octanol–water partition coefficient (Wildman–Crippen LogP) is 3.29. The summed E-state index contributed by atoms with van der Waals surface area (Å²) in [6, 6.07) is 11.0. The van der Waals surface area contributed by atoms with Crippen LogP contribution in [0, 0.1) is 0 Å². The Hall–Kier alpha value is -2.27. The average molecular weight is 518 g/mol. The molecule has 0 bridgehead atoms. The molecule has 1 aliphatic carbocycles. The molecular weight excluding hydrogens is 486 g/mol. The number of fused-ring (bicyclic) bond motifs is 1. The van der Waals surface area contributed by atoms with Gasteiger partial charge in [-0.1, -0.05) is 19.3 Å². The van der Waals surface area contributed by atoms with Gasteiger partial charge in [0.15, 0.2) is 0 Å². The lowest BCUT2D eigenvalue weighted by Gasteiger charge is -2.26. The van der Waals surface area contributed by atoms with Gasteiger partial charge < -0.3 is 4.90 Å². The van der Waals surface area contributed by atoms with Gasteiger partial charge >= 0.3 is 0 Å². The van der Waals surface area contributed by atoms with Crippen LogP contribution in [0.4, 0.5) is 5.69 Å². The minimum atomic E-state index is -3.60. The first-order chi connectivity index (χ1) is 16.8. The van der Waals surface area contributed by atoms with E-state index in [2.05, 4.69) is 4.72 Å². The van der Waals surface area contributed by atoms with E-state index in [9.17, 15) is 21.6 Å². The SMILES string of the molecule is O=C(c1ccc(S(=O)(=O)N2CCCCC2)cc1)N1CCc2cc(S(=O)(=O)NC3CCCC3)ccc21. The Bertz CT molecular complexity index is 1310. The monoisotopic (exact) mass is 517 g/mol. The standard InChI is InChI=1S/C25H31N3O5S2/c29-25(19-8-10-22(11-9-19)35(32,33)27-15-4-1-5-16-27)28-17-14-20-18-23(12-13-24(20)28)34(30,31)26-21-6-2-3-7-21/h8-13,18,21,26H,1-7,14-17H2. The first-order valence-electron chi connectivity index (χ1n) is 12.3. The fourth-order valence-corrected chi connectivity index (χ4v) is 8.14. The van der Waals surface area contributed by atoms with Crippen molar-refractivity contribution in [1.29, 1.82) is 0 Å². The van der Waals surface area contributed by atoms with Crippen LogP contribution in [-0.4, -0.2) is 52.7 Å². The van der Waals surface area contributed by atoms with Gasteiger partial charge in [0.25, 0.3) is 5.91 Å². The second-order valence-corrected chi connectivity index (χ2v) is 13.2. The van der Waals surface area contributed by atoms with E-state index >= 15 is 0 Å². The largest absolute Gasteiger partial charge is 0.308 e. The highest BCUT2D eigenvalue weighted by Crippen LogP contribution is 2.32. The van der Waals surface area contributed by atoms with Gasteiger partial charge in [0.1, 0.15) is 0 Å². The molecule has 0 radical (unpaired) electrons. The van der Waals surface area contributed by atoms with E-state index in [1.165, 1.54) is 16.4 Å². The Morgan fingerprint density at radius 1 is 0.800 bits per heavy atom. The molecule has 1 amide bonds. The third-order valence-corrected chi connectivity index (χ3v) is 10.7. The summed E-state index contributed by atoms with van der Waals surface area (Å²) in [5.74, 6) is -0.231. The molecule has 2 aromatic rings. The normalized spacial score (nSPS) is 19.7. The van der Waals surface area contributed by atoms with Crippen molar-refractivity contribution in [2.45, 2.75) is 67.2 Å². The van der Waals surface area contributed by atoms with Crippen molar-refractivity contribution >= 4 is 31.6 Å². The maximum Gasteiger partial charge on any atom is 0.258 e. The maximum atomic E-state index is 13.2. The smallest absolute Gasteiger partial charge is 0.258 e. The van der Waals surface area contributed by atoms with E-state index < -0.39 is 20.0 Å². The first-order valence-corrected chi connectivity index (χ1v) is 15.3. The molecule has 10 heteroatoms. The molecule has 0 unspecified atom stereocenters. The van der Waals surface area contributed by atoms with E-state index in [1.807, 2.05) is 0 Å². The summed E-state index contributed by atoms with van der Waals surface area (Å²) in [5.41, 5.74) is 1.91. The number of benzene rings is 2. The highest BCUT2D eigenvalue weighted by Gasteiger charge is 2.30. The fraction of sp³-hybridized carbons (Fsp3) is 0.480. The number of hydrogen-bond acceptors (Lipinski definition) is 5. The molecule has 0 spiro atoms. The number of carbonyl (C=O) groups is 1. The molecule has 0 atom stereocenters. The van der Waals surface area contributed by atoms with Gasteiger partial charge in [-0.3, -0.25) is 4.79 Å². The van der Waals surface area contributed by atoms with Crippen LogP contribution in [-0.2, 0) is 26.5 Å². The number of hydrogen-bond donors (Lipinski definition) is 1. The zero-order chi connectivity index (χ0) is 24.6. The quantitative estimate of drug-likeness (QED) is 0.633. The molecule has 1 N–H and O–H groups in total. The van der Waals surface area contributed by atoms with Crippen molar-refractivity contribution in [3.8, 4) is 0 Å². The van der Waals surface area contributed by atoms with E-state index in [4.69, 9.17) is 0 Å². The number of anilines is 1. The van der Waals surface area contributed by atoms with Crippen LogP contribution in [0.25, 0.3) is 0 Å². The van der Waals surface area contributed by atoms with Crippen molar-refractivity contribution in [3.05, 3.63) is 53.6 Å². The van der Waals surface area contributed by atoms with Crippen LogP contribution in [0.2, 0.25) is 0 Å². The molecule has 5 rings (SSSR count). The molecule has 1 saturated carbocycles. The number of rotatable bonds is 6. The lowest BCUT2D eigenvalue weighted by atomic mass is 10.1. The van der Waals surface area contributed by atoms with Crippen LogP contribution in [0.3, 0.4) is 0 Å². The number of nitrogens with zero attached hydrogens (tertiary/aromatic N) is 2. The van der Waals surface area contributed by atoms with E-state index in [-0.39, 0.29) is 21.7 Å². The Morgan fingerprint density at radius 2 is 1.46 bits per heavy atom. The Morgan fingerprint density at radius 3 is 2.14 bits per heavy atom. The number of carbonyl (C=O) groups excluding carboxylic acids is 1. The average Bonchev–Trinajstić information content (AvgIpc) is 3.53. The second kappa shape index (κ2) is 9.65. The first kappa shape index (κ1) is 24.4. The molecule has 2 heterocycles. The maximum absolute atomic E-state index is 13.2. The highest BCUT2D eigenvalue weighted by molar-refractivity contribution is 7.89. The van der Waals surface area contributed by atoms with Crippen LogP contribution in [0.15, 0.2) is 52.3 Å². The predicted molar refractivity (Wildman–Crippen MR) is 133 cm³/mol. The summed E-state index contributed by atoms with van der Waals surface area (Å²) >= 11 is 0. The lowest BCUT2D eigenvalue weighted by Crippen LogP contribution is -2.35. The third kappa shape index (κ3) is 4.89. The molecule has 8 nitrogen and oxygen atoms in total. The molecule has 3 aliphatic rings. The number of piperidine rings is 1. The summed E-state index contributed by atoms with van der Waals surface area (Å²) in [7, 11) is -7.15. The van der Waals surface area contributed by atoms with Crippen molar-refractivity contribution < 1.29 is 21.6 Å². The van der Waals surface area contributed by atoms with Crippen molar-refractivity contribution in [2.24, 2.45) is 0 Å². The molecule has 35 heavy (non-hydrogen) atoms. The minimum Gasteiger partial charge on any atom is -0.308 e. The van der Waals surface area contributed by atoms with Crippen molar-refractivity contribution in [2.75, 3.05) is 24.5 Å². The number of amides is 1. The van der Waals surface area contributed by atoms with Gasteiger partial charge in [-0.15, -0.1) is 0 Å². The zero-order valence-electron chi connectivity index (χ0n) is 19.6. The van der Waals surface area contributed by atoms with E-state index in [0.29, 0.717) is 37.3 Å². The summed E-state index contributed by atoms with van der Waals surface area (Å²) in [4.78, 5) is 15.3. The summed E-state index contributed by atoms with van der Waals surface area (Å²) < 4.78 is 55.7. The van der Waals surface area contributed by atoms with Gasteiger partial charge in [-0.25, -0.2) is 21.6 Å². The van der Waals surface area contributed by atoms with Crippen LogP contribution in [0.1, 0.15) is 60.9 Å². The van der Waals surface area contributed by atoms with E-state index in [1.54, 1.807) is 35.2 Å². The number of sulfonamides is 2. The van der Waals surface area contributed by atoms with Gasteiger partial charge in [0.2, 0.25) is 20.0 Å². The Labute approximate surface area is 207 Å². The lowest BCUT2D eigenvalue weighted by molar-refractivity contribution is 0.0989. The molecule has 0 aromatic heterocycles.